The fraction of sp³-hybridized carbons (Fsp3) is 0.250. The summed E-state index contributed by atoms with van der Waals surface area (Å²) in [6.07, 6.45) is 1.75. The molecule has 0 saturated carbocycles. The fourth-order valence-electron chi connectivity index (χ4n) is 5.37. The molecule has 10 heteroatoms. The highest BCUT2D eigenvalue weighted by molar-refractivity contribution is 6.39. The topological polar surface area (TPSA) is 114 Å². The minimum absolute atomic E-state index is 0.0226. The van der Waals surface area contributed by atoms with Crippen molar-refractivity contribution in [2.45, 2.75) is 27.2 Å². The van der Waals surface area contributed by atoms with Crippen LogP contribution in [-0.2, 0) is 16.0 Å². The Morgan fingerprint density at radius 3 is 2.40 bits per heavy atom. The molecule has 1 N–H and O–H groups in total. The second-order valence-electron chi connectivity index (χ2n) is 10.3. The lowest BCUT2D eigenvalue weighted by molar-refractivity contribution is -0.122. The van der Waals surface area contributed by atoms with Gasteiger partial charge in [-0.25, -0.2) is 9.69 Å². The molecule has 0 aliphatic carbocycles. The van der Waals surface area contributed by atoms with Crippen LogP contribution in [0.25, 0.3) is 6.08 Å². The molecule has 0 aromatic heterocycles. The third-order valence-corrected chi connectivity index (χ3v) is 7.28. The van der Waals surface area contributed by atoms with E-state index in [4.69, 9.17) is 14.2 Å². The molecule has 0 unspecified atom stereocenters. The maximum absolute atomic E-state index is 13.8. The lowest BCUT2D eigenvalue weighted by atomic mass is 9.97. The molecule has 5 rings (SSSR count). The van der Waals surface area contributed by atoms with Crippen molar-refractivity contribution in [2.75, 3.05) is 32.4 Å². The number of urea groups is 1. The van der Waals surface area contributed by atoms with Gasteiger partial charge in [0.15, 0.2) is 11.5 Å². The van der Waals surface area contributed by atoms with Crippen LogP contribution in [0.15, 0.2) is 54.1 Å². The number of fused-ring (bicyclic) bond motifs is 1. The molecule has 5 amide bonds. The SMILES string of the molecule is COc1c(/C=C2/C(=O)NC(=O)N(c3c(C)cc(C)cc3C)C2=O)c(CCN(C)C(=O)c2ccccc2)cc2c1OCO2. The Bertz CT molecular complexity index is 1620. The maximum atomic E-state index is 13.8. The number of nitrogens with zero attached hydrogens (tertiary/aromatic N) is 2. The van der Waals surface area contributed by atoms with Crippen LogP contribution in [-0.4, -0.2) is 56.1 Å². The first kappa shape index (κ1) is 28.4. The Labute approximate surface area is 243 Å². The molecule has 2 aliphatic heterocycles. The van der Waals surface area contributed by atoms with Crippen LogP contribution in [0.5, 0.6) is 17.2 Å². The van der Waals surface area contributed by atoms with Crippen molar-refractivity contribution >= 4 is 35.5 Å². The lowest BCUT2D eigenvalue weighted by Gasteiger charge is -2.29. The lowest BCUT2D eigenvalue weighted by Crippen LogP contribution is -2.54. The molecule has 3 aromatic carbocycles. The highest BCUT2D eigenvalue weighted by Gasteiger charge is 2.39. The fourth-order valence-corrected chi connectivity index (χ4v) is 5.37. The van der Waals surface area contributed by atoms with E-state index in [2.05, 4.69) is 5.32 Å². The first-order valence-corrected chi connectivity index (χ1v) is 13.4. The van der Waals surface area contributed by atoms with Gasteiger partial charge in [0.05, 0.1) is 12.8 Å². The van der Waals surface area contributed by atoms with Gasteiger partial charge in [-0.1, -0.05) is 35.9 Å². The van der Waals surface area contributed by atoms with E-state index in [1.54, 1.807) is 42.3 Å². The van der Waals surface area contributed by atoms with Gasteiger partial charge in [0, 0.05) is 24.7 Å². The maximum Gasteiger partial charge on any atom is 0.335 e. The van der Waals surface area contributed by atoms with Crippen molar-refractivity contribution in [1.29, 1.82) is 0 Å². The van der Waals surface area contributed by atoms with E-state index in [9.17, 15) is 19.2 Å². The predicted molar refractivity (Wildman–Crippen MR) is 156 cm³/mol. The summed E-state index contributed by atoms with van der Waals surface area (Å²) in [7, 11) is 3.15. The summed E-state index contributed by atoms with van der Waals surface area (Å²) in [5.41, 5.74) is 4.21. The first-order chi connectivity index (χ1) is 20.1. The van der Waals surface area contributed by atoms with Gasteiger partial charge in [-0.2, -0.15) is 0 Å². The minimum atomic E-state index is -0.828. The second-order valence-corrected chi connectivity index (χ2v) is 10.3. The number of imide groups is 2. The summed E-state index contributed by atoms with van der Waals surface area (Å²) in [5.74, 6) is -0.683. The summed E-state index contributed by atoms with van der Waals surface area (Å²) in [5, 5.41) is 2.30. The molecule has 1 fully saturated rings. The van der Waals surface area contributed by atoms with E-state index < -0.39 is 17.8 Å². The van der Waals surface area contributed by atoms with Crippen LogP contribution in [0, 0.1) is 20.8 Å². The zero-order valence-electron chi connectivity index (χ0n) is 24.1. The van der Waals surface area contributed by atoms with Crippen LogP contribution in [0.1, 0.15) is 38.2 Å². The van der Waals surface area contributed by atoms with Gasteiger partial charge in [-0.3, -0.25) is 19.7 Å². The number of aryl methyl sites for hydroxylation is 3. The van der Waals surface area contributed by atoms with Gasteiger partial charge in [0.25, 0.3) is 17.7 Å². The van der Waals surface area contributed by atoms with Gasteiger partial charge in [-0.05, 0) is 68.2 Å². The van der Waals surface area contributed by atoms with Gasteiger partial charge in [0.2, 0.25) is 12.5 Å². The van der Waals surface area contributed by atoms with Crippen LogP contribution in [0.2, 0.25) is 0 Å². The molecule has 0 atom stereocenters. The number of benzene rings is 3. The number of amides is 5. The monoisotopic (exact) mass is 569 g/mol. The van der Waals surface area contributed by atoms with Crippen LogP contribution >= 0.6 is 0 Å². The van der Waals surface area contributed by atoms with E-state index in [1.165, 1.54) is 13.2 Å². The van der Waals surface area contributed by atoms with Crippen molar-refractivity contribution in [3.63, 3.8) is 0 Å². The van der Waals surface area contributed by atoms with Crippen LogP contribution < -0.4 is 24.4 Å². The highest BCUT2D eigenvalue weighted by atomic mass is 16.7. The molecule has 0 bridgehead atoms. The third-order valence-electron chi connectivity index (χ3n) is 7.28. The normalized spacial score (nSPS) is 15.2. The minimum Gasteiger partial charge on any atom is -0.492 e. The molecular weight excluding hydrogens is 538 g/mol. The van der Waals surface area contributed by atoms with Gasteiger partial charge < -0.3 is 19.1 Å². The van der Waals surface area contributed by atoms with E-state index >= 15 is 0 Å². The molecular formula is C32H31N3O7. The Morgan fingerprint density at radius 1 is 1.05 bits per heavy atom. The Kier molecular flexibility index (Phi) is 7.71. The average Bonchev–Trinajstić information content (AvgIpc) is 3.43. The Morgan fingerprint density at radius 2 is 1.74 bits per heavy atom. The van der Waals surface area contributed by atoms with Crippen molar-refractivity contribution in [3.8, 4) is 17.2 Å². The van der Waals surface area contributed by atoms with E-state index in [-0.39, 0.29) is 24.0 Å². The number of hydrogen-bond acceptors (Lipinski definition) is 7. The molecule has 2 heterocycles. The van der Waals surface area contributed by atoms with Crippen molar-refractivity contribution < 1.29 is 33.4 Å². The number of carbonyl (C=O) groups is 4. The molecule has 42 heavy (non-hydrogen) atoms. The van der Waals surface area contributed by atoms with E-state index in [1.807, 2.05) is 39.0 Å². The number of rotatable bonds is 7. The molecule has 216 valence electrons. The van der Waals surface area contributed by atoms with Crippen molar-refractivity contribution in [3.05, 3.63) is 87.5 Å². The number of likely N-dealkylation sites (N-methyl/N-ethyl adjacent to an activating group) is 1. The highest BCUT2D eigenvalue weighted by Crippen LogP contribution is 2.46. The van der Waals surface area contributed by atoms with Crippen molar-refractivity contribution in [1.82, 2.24) is 10.2 Å². The van der Waals surface area contributed by atoms with Crippen LogP contribution in [0.3, 0.4) is 0 Å². The summed E-state index contributed by atoms with van der Waals surface area (Å²) < 4.78 is 16.9. The van der Waals surface area contributed by atoms with E-state index in [0.717, 1.165) is 21.6 Å². The van der Waals surface area contributed by atoms with Crippen molar-refractivity contribution in [2.24, 2.45) is 0 Å². The number of methoxy groups -OCH3 is 1. The van der Waals surface area contributed by atoms with E-state index in [0.29, 0.717) is 46.8 Å². The summed E-state index contributed by atoms with van der Waals surface area (Å²) in [4.78, 5) is 55.4. The second kappa shape index (κ2) is 11.4. The Balaban J connectivity index is 1.55. The molecule has 0 spiro atoms. The first-order valence-electron chi connectivity index (χ1n) is 13.4. The molecule has 3 aromatic rings. The zero-order chi connectivity index (χ0) is 30.1. The Hall–Kier alpha value is -5.12. The largest absolute Gasteiger partial charge is 0.492 e. The van der Waals surface area contributed by atoms with Gasteiger partial charge in [-0.15, -0.1) is 0 Å². The summed E-state index contributed by atoms with van der Waals surface area (Å²) in [6, 6.07) is 13.6. The number of barbiturate groups is 1. The number of nitrogens with one attached hydrogen (secondary N) is 1. The number of hydrogen-bond donors (Lipinski definition) is 1. The molecule has 0 radical (unpaired) electrons. The number of carbonyl (C=O) groups excluding carboxylic acids is 4. The molecule has 2 aliphatic rings. The zero-order valence-corrected chi connectivity index (χ0v) is 24.1. The summed E-state index contributed by atoms with van der Waals surface area (Å²) in [6.45, 7) is 5.84. The van der Waals surface area contributed by atoms with Gasteiger partial charge >= 0.3 is 6.03 Å². The average molecular weight is 570 g/mol. The van der Waals surface area contributed by atoms with Gasteiger partial charge in [0.1, 0.15) is 5.57 Å². The summed E-state index contributed by atoms with van der Waals surface area (Å²) >= 11 is 0. The third kappa shape index (κ3) is 5.18. The van der Waals surface area contributed by atoms with Crippen LogP contribution in [0.4, 0.5) is 10.5 Å². The number of anilines is 1. The quantitative estimate of drug-likeness (QED) is 0.333. The standard InChI is InChI=1S/C32H31N3O7/c1-18-13-19(2)26(20(3)14-18)35-31(38)24(29(36)33-32(35)39)16-23-22(15-25-28(27(23)40-5)42-17-41-25)11-12-34(4)30(37)21-9-7-6-8-10-21/h6-10,13-16H,11-12,17H2,1-5H3,(H,33,36,39)/b24-16-. The smallest absolute Gasteiger partial charge is 0.335 e. The predicted octanol–water partition coefficient (Wildman–Crippen LogP) is 4.33. The number of ether oxygens (including phenoxy) is 3. The molecule has 10 nitrogen and oxygen atoms in total. The molecule has 1 saturated heterocycles.